The standard InChI is InChI=1S/C16H17N3O3S/c1-10-4-5-11-13(7-10)23-9-15(20)19(11)8-14-17-16(22-18-14)12-3-2-6-21-12/h4-5,7,12H,2-3,6,8-9H2,1H3/t12-/m1/s1. The Balaban J connectivity index is 1.57. The normalized spacial score (nSPS) is 20.8. The van der Waals surface area contributed by atoms with Crippen molar-refractivity contribution in [2.45, 2.75) is 37.3 Å². The molecule has 6 nitrogen and oxygen atoms in total. The number of nitrogens with zero attached hydrogens (tertiary/aromatic N) is 3. The molecule has 1 saturated heterocycles. The molecular weight excluding hydrogens is 314 g/mol. The lowest BCUT2D eigenvalue weighted by Crippen LogP contribution is -2.35. The molecule has 7 heteroatoms. The maximum absolute atomic E-state index is 12.3. The number of carbonyl (C=O) groups is 1. The number of hydrogen-bond acceptors (Lipinski definition) is 6. The highest BCUT2D eigenvalue weighted by Gasteiger charge is 2.28. The van der Waals surface area contributed by atoms with Crippen LogP contribution in [0.1, 0.15) is 36.2 Å². The Morgan fingerprint density at radius 1 is 1.43 bits per heavy atom. The minimum absolute atomic E-state index is 0.0646. The molecule has 2 aliphatic heterocycles. The first kappa shape index (κ1) is 14.7. The molecule has 1 aromatic carbocycles. The second-order valence-corrected chi connectivity index (χ2v) is 6.81. The predicted octanol–water partition coefficient (Wildman–Crippen LogP) is 2.87. The fourth-order valence-corrected chi connectivity index (χ4v) is 3.89. The molecule has 0 saturated carbocycles. The van der Waals surface area contributed by atoms with Crippen LogP contribution in [0.5, 0.6) is 0 Å². The Kier molecular flexibility index (Phi) is 3.82. The number of fused-ring (bicyclic) bond motifs is 1. The summed E-state index contributed by atoms with van der Waals surface area (Å²) >= 11 is 1.58. The zero-order chi connectivity index (χ0) is 15.8. The number of carbonyl (C=O) groups excluding carboxylic acids is 1. The number of thioether (sulfide) groups is 1. The van der Waals surface area contributed by atoms with Gasteiger partial charge in [0.25, 0.3) is 5.89 Å². The van der Waals surface area contributed by atoms with E-state index in [4.69, 9.17) is 9.26 Å². The Bertz CT molecular complexity index is 740. The van der Waals surface area contributed by atoms with Crippen molar-refractivity contribution in [1.29, 1.82) is 0 Å². The van der Waals surface area contributed by atoms with Crippen molar-refractivity contribution in [2.75, 3.05) is 17.3 Å². The molecule has 2 aliphatic rings. The smallest absolute Gasteiger partial charge is 0.255 e. The second kappa shape index (κ2) is 5.98. The molecular formula is C16H17N3O3S. The third kappa shape index (κ3) is 2.86. The van der Waals surface area contributed by atoms with Crippen molar-refractivity contribution in [2.24, 2.45) is 0 Å². The molecule has 0 N–H and O–H groups in total. The summed E-state index contributed by atoms with van der Waals surface area (Å²) in [5.41, 5.74) is 2.10. The Labute approximate surface area is 138 Å². The minimum Gasteiger partial charge on any atom is -0.368 e. The average molecular weight is 331 g/mol. The molecule has 0 bridgehead atoms. The first-order valence-corrected chi connectivity index (χ1v) is 8.67. The number of anilines is 1. The summed E-state index contributed by atoms with van der Waals surface area (Å²) in [6.45, 7) is 3.11. The summed E-state index contributed by atoms with van der Waals surface area (Å²) in [4.78, 5) is 19.6. The van der Waals surface area contributed by atoms with Crippen molar-refractivity contribution in [3.63, 3.8) is 0 Å². The van der Waals surface area contributed by atoms with Gasteiger partial charge < -0.3 is 14.2 Å². The summed E-state index contributed by atoms with van der Waals surface area (Å²) < 4.78 is 10.9. The largest absolute Gasteiger partial charge is 0.368 e. The molecule has 1 fully saturated rings. The molecule has 4 rings (SSSR count). The van der Waals surface area contributed by atoms with Crippen LogP contribution < -0.4 is 4.90 Å². The molecule has 1 aromatic heterocycles. The maximum atomic E-state index is 12.3. The van der Waals surface area contributed by atoms with E-state index in [-0.39, 0.29) is 12.0 Å². The summed E-state index contributed by atoms with van der Waals surface area (Å²) in [5.74, 6) is 1.53. The van der Waals surface area contributed by atoms with Gasteiger partial charge >= 0.3 is 0 Å². The van der Waals surface area contributed by atoms with Gasteiger partial charge in [-0.2, -0.15) is 4.98 Å². The van der Waals surface area contributed by atoms with E-state index in [1.807, 2.05) is 12.1 Å². The molecule has 0 spiro atoms. The number of aromatic nitrogens is 2. The van der Waals surface area contributed by atoms with Gasteiger partial charge in [0.2, 0.25) is 5.91 Å². The topological polar surface area (TPSA) is 68.5 Å². The minimum atomic E-state index is -0.0983. The van der Waals surface area contributed by atoms with Crippen LogP contribution >= 0.6 is 11.8 Å². The maximum Gasteiger partial charge on any atom is 0.255 e. The quantitative estimate of drug-likeness (QED) is 0.861. The van der Waals surface area contributed by atoms with Crippen molar-refractivity contribution in [3.8, 4) is 0 Å². The third-order valence-electron chi connectivity index (χ3n) is 4.05. The van der Waals surface area contributed by atoms with E-state index in [1.54, 1.807) is 16.7 Å². The van der Waals surface area contributed by atoms with Gasteiger partial charge in [-0.05, 0) is 37.5 Å². The lowest BCUT2D eigenvalue weighted by atomic mass is 10.2. The van der Waals surface area contributed by atoms with Gasteiger partial charge in [-0.15, -0.1) is 11.8 Å². The average Bonchev–Trinajstić information content (AvgIpc) is 3.21. The zero-order valence-corrected chi connectivity index (χ0v) is 13.6. The van der Waals surface area contributed by atoms with Gasteiger partial charge in [-0.25, -0.2) is 0 Å². The molecule has 120 valence electrons. The van der Waals surface area contributed by atoms with Crippen LogP contribution in [0.3, 0.4) is 0 Å². The lowest BCUT2D eigenvalue weighted by molar-refractivity contribution is -0.116. The SMILES string of the molecule is Cc1ccc2c(c1)SCC(=O)N2Cc1noc([C@H]2CCCO2)n1. The number of rotatable bonds is 3. The fourth-order valence-electron chi connectivity index (χ4n) is 2.86. The Morgan fingerprint density at radius 3 is 3.17 bits per heavy atom. The van der Waals surface area contributed by atoms with Gasteiger partial charge in [0, 0.05) is 11.5 Å². The van der Waals surface area contributed by atoms with Crippen LogP contribution in [0.4, 0.5) is 5.69 Å². The first-order valence-electron chi connectivity index (χ1n) is 7.68. The van der Waals surface area contributed by atoms with E-state index in [0.29, 0.717) is 24.0 Å². The summed E-state index contributed by atoms with van der Waals surface area (Å²) in [6, 6.07) is 6.10. The number of ether oxygens (including phenoxy) is 1. The van der Waals surface area contributed by atoms with E-state index in [2.05, 4.69) is 23.1 Å². The van der Waals surface area contributed by atoms with Gasteiger partial charge in [0.1, 0.15) is 6.10 Å². The van der Waals surface area contributed by atoms with E-state index in [9.17, 15) is 4.79 Å². The van der Waals surface area contributed by atoms with Crippen LogP contribution in [0.25, 0.3) is 0 Å². The summed E-state index contributed by atoms with van der Waals surface area (Å²) in [7, 11) is 0. The predicted molar refractivity (Wildman–Crippen MR) is 85.3 cm³/mol. The molecule has 3 heterocycles. The Hall–Kier alpha value is -1.86. The highest BCUT2D eigenvalue weighted by Crippen LogP contribution is 2.36. The number of hydrogen-bond donors (Lipinski definition) is 0. The molecule has 1 atom stereocenters. The molecule has 0 aliphatic carbocycles. The van der Waals surface area contributed by atoms with E-state index in [0.717, 1.165) is 30.0 Å². The van der Waals surface area contributed by atoms with Crippen LogP contribution in [-0.4, -0.2) is 28.4 Å². The lowest BCUT2D eigenvalue weighted by Gasteiger charge is -2.28. The number of aryl methyl sites for hydroxylation is 1. The Morgan fingerprint density at radius 2 is 2.35 bits per heavy atom. The fraction of sp³-hybridized carbons (Fsp3) is 0.438. The highest BCUT2D eigenvalue weighted by molar-refractivity contribution is 8.00. The van der Waals surface area contributed by atoms with Crippen LogP contribution in [0, 0.1) is 6.92 Å². The highest BCUT2D eigenvalue weighted by atomic mass is 32.2. The van der Waals surface area contributed by atoms with Crippen LogP contribution in [0.15, 0.2) is 27.6 Å². The van der Waals surface area contributed by atoms with Gasteiger partial charge in [0.15, 0.2) is 5.82 Å². The van der Waals surface area contributed by atoms with Gasteiger partial charge in [-0.1, -0.05) is 11.2 Å². The molecule has 1 amide bonds. The van der Waals surface area contributed by atoms with Crippen molar-refractivity contribution < 1.29 is 14.1 Å². The number of benzene rings is 1. The van der Waals surface area contributed by atoms with Gasteiger partial charge in [0.05, 0.1) is 18.0 Å². The monoisotopic (exact) mass is 331 g/mol. The second-order valence-electron chi connectivity index (χ2n) is 5.79. The number of amides is 1. The zero-order valence-electron chi connectivity index (χ0n) is 12.8. The first-order chi connectivity index (χ1) is 11.2. The van der Waals surface area contributed by atoms with Gasteiger partial charge in [-0.3, -0.25) is 4.79 Å². The molecule has 0 unspecified atom stereocenters. The molecule has 23 heavy (non-hydrogen) atoms. The molecule has 0 radical (unpaired) electrons. The van der Waals surface area contributed by atoms with Crippen molar-refractivity contribution >= 4 is 23.4 Å². The van der Waals surface area contributed by atoms with Crippen LogP contribution in [-0.2, 0) is 16.1 Å². The van der Waals surface area contributed by atoms with Crippen molar-refractivity contribution in [3.05, 3.63) is 35.5 Å². The van der Waals surface area contributed by atoms with Crippen molar-refractivity contribution in [1.82, 2.24) is 10.1 Å². The van der Waals surface area contributed by atoms with Crippen LogP contribution in [0.2, 0.25) is 0 Å². The summed E-state index contributed by atoms with van der Waals surface area (Å²) in [5, 5.41) is 4.01. The van der Waals surface area contributed by atoms with E-state index in [1.165, 1.54) is 5.56 Å². The third-order valence-corrected chi connectivity index (χ3v) is 5.08. The van der Waals surface area contributed by atoms with E-state index < -0.39 is 0 Å². The molecule has 2 aromatic rings. The summed E-state index contributed by atoms with van der Waals surface area (Å²) in [6.07, 6.45) is 1.82. The van der Waals surface area contributed by atoms with E-state index >= 15 is 0 Å².